The summed E-state index contributed by atoms with van der Waals surface area (Å²) < 4.78 is 73.1. The second-order valence-electron chi connectivity index (χ2n) is 11.6. The first-order valence-electron chi connectivity index (χ1n) is 15.6. The molecule has 5 rings (SSSR count). The van der Waals surface area contributed by atoms with Gasteiger partial charge in [0.15, 0.2) is 11.6 Å². The molecule has 4 aromatic rings. The summed E-state index contributed by atoms with van der Waals surface area (Å²) in [5.41, 5.74) is 7.85. The van der Waals surface area contributed by atoms with Gasteiger partial charge < -0.3 is 35.9 Å². The minimum absolute atomic E-state index is 0.0326. The van der Waals surface area contributed by atoms with E-state index in [1.807, 2.05) is 0 Å². The molecule has 0 radical (unpaired) electrons. The molecule has 4 atom stereocenters. The van der Waals surface area contributed by atoms with E-state index in [2.05, 4.69) is 16.0 Å². The van der Waals surface area contributed by atoms with Crippen LogP contribution >= 0.6 is 0 Å². The zero-order valence-corrected chi connectivity index (χ0v) is 26.6. The van der Waals surface area contributed by atoms with E-state index in [9.17, 15) is 27.2 Å². The van der Waals surface area contributed by atoms with E-state index in [1.165, 1.54) is 66.7 Å². The predicted octanol–water partition coefficient (Wildman–Crippen LogP) is 5.64. The normalized spacial score (nSPS) is 17.1. The standard InChI is InChI=1S/C36H36F4N4O5/c1-21(23-6-10-25(37)11-7-23)43-36(46)49-19-27-18-47-28(17-42-27)20-48-34-31(40)3-2-4-32(34)44-33(35(41)45)16-22-5-14-30(39)29(15-22)24-8-12-26(38)13-9-24/h2-15,21,27-28,33,42,44H,16-20H2,1H3,(H2,41,45)(H,43,46)/t21-,27-,28-,33-/m0/s1. The number of nitrogens with two attached hydrogens (primary N) is 1. The summed E-state index contributed by atoms with van der Waals surface area (Å²) in [4.78, 5) is 24.7. The van der Waals surface area contributed by atoms with Crippen molar-refractivity contribution in [2.75, 3.05) is 31.7 Å². The van der Waals surface area contributed by atoms with Crippen molar-refractivity contribution in [3.63, 3.8) is 0 Å². The number of morpholine rings is 1. The van der Waals surface area contributed by atoms with Gasteiger partial charge in [0.2, 0.25) is 5.91 Å². The highest BCUT2D eigenvalue weighted by Crippen LogP contribution is 2.30. The number of para-hydroxylation sites is 1. The van der Waals surface area contributed by atoms with E-state index >= 15 is 0 Å². The third-order valence-corrected chi connectivity index (χ3v) is 7.97. The molecule has 0 aromatic heterocycles. The topological polar surface area (TPSA) is 124 Å². The molecule has 1 fully saturated rings. The fraction of sp³-hybridized carbons (Fsp3) is 0.278. The monoisotopic (exact) mass is 680 g/mol. The van der Waals surface area contributed by atoms with Gasteiger partial charge >= 0.3 is 6.09 Å². The average Bonchev–Trinajstić information content (AvgIpc) is 3.08. The van der Waals surface area contributed by atoms with Crippen molar-refractivity contribution in [1.29, 1.82) is 0 Å². The molecule has 0 saturated carbocycles. The van der Waals surface area contributed by atoms with Gasteiger partial charge in [-0.1, -0.05) is 36.4 Å². The zero-order chi connectivity index (χ0) is 34.9. The third-order valence-electron chi connectivity index (χ3n) is 7.97. The Kier molecular flexibility index (Phi) is 11.7. The summed E-state index contributed by atoms with van der Waals surface area (Å²) in [6.45, 7) is 2.27. The van der Waals surface area contributed by atoms with Gasteiger partial charge in [-0.05, 0) is 72.1 Å². The van der Waals surface area contributed by atoms with Crippen molar-refractivity contribution < 1.29 is 41.4 Å². The molecule has 0 bridgehead atoms. The number of nitrogens with one attached hydrogen (secondary N) is 3. The van der Waals surface area contributed by atoms with Crippen LogP contribution in [0.3, 0.4) is 0 Å². The zero-order valence-electron chi connectivity index (χ0n) is 26.6. The molecular weight excluding hydrogens is 644 g/mol. The summed E-state index contributed by atoms with van der Waals surface area (Å²) in [5.74, 6) is -2.88. The first kappa shape index (κ1) is 35.2. The minimum Gasteiger partial charge on any atom is -0.486 e. The van der Waals surface area contributed by atoms with Crippen molar-refractivity contribution in [2.24, 2.45) is 5.73 Å². The summed E-state index contributed by atoms with van der Waals surface area (Å²) in [5, 5.41) is 8.86. The SMILES string of the molecule is C[C@H](NC(=O)OC[C@@H]1CO[C@H](COc2c(F)cccc2N[C@@H](Cc2ccc(F)c(-c3ccc(F)cc3)c2)C(N)=O)CN1)c1ccc(F)cc1. The molecule has 5 N–H and O–H groups in total. The molecule has 258 valence electrons. The second kappa shape index (κ2) is 16.3. The van der Waals surface area contributed by atoms with Gasteiger partial charge in [-0.2, -0.15) is 0 Å². The number of hydrogen-bond acceptors (Lipinski definition) is 7. The number of benzene rings is 4. The predicted molar refractivity (Wildman–Crippen MR) is 175 cm³/mol. The van der Waals surface area contributed by atoms with Crippen LogP contribution in [0.1, 0.15) is 24.1 Å². The van der Waals surface area contributed by atoms with Crippen LogP contribution in [0.25, 0.3) is 11.1 Å². The van der Waals surface area contributed by atoms with Crippen molar-refractivity contribution in [2.45, 2.75) is 37.6 Å². The van der Waals surface area contributed by atoms with Crippen LogP contribution in [0.4, 0.5) is 28.0 Å². The van der Waals surface area contributed by atoms with E-state index in [0.29, 0.717) is 17.7 Å². The Bertz CT molecular complexity index is 1730. The van der Waals surface area contributed by atoms with E-state index in [-0.39, 0.29) is 61.1 Å². The Labute approximate surface area is 280 Å². The van der Waals surface area contributed by atoms with E-state index in [1.54, 1.807) is 25.1 Å². The molecule has 1 saturated heterocycles. The van der Waals surface area contributed by atoms with E-state index in [0.717, 1.165) is 5.56 Å². The summed E-state index contributed by atoms with van der Waals surface area (Å²) in [6.07, 6.45) is -1.06. The van der Waals surface area contributed by atoms with Crippen molar-refractivity contribution >= 4 is 17.7 Å². The van der Waals surface area contributed by atoms with Gasteiger partial charge in [-0.25, -0.2) is 22.4 Å². The van der Waals surface area contributed by atoms with Gasteiger partial charge in [0, 0.05) is 18.5 Å². The van der Waals surface area contributed by atoms with Crippen LogP contribution < -0.4 is 26.4 Å². The summed E-state index contributed by atoms with van der Waals surface area (Å²) in [6, 6.07) is 18.0. The lowest BCUT2D eigenvalue weighted by atomic mass is 9.98. The van der Waals surface area contributed by atoms with Crippen LogP contribution in [0.5, 0.6) is 5.75 Å². The fourth-order valence-corrected chi connectivity index (χ4v) is 5.25. The Hall–Kier alpha value is -5.14. The van der Waals surface area contributed by atoms with Gasteiger partial charge in [-0.15, -0.1) is 0 Å². The molecule has 4 aromatic carbocycles. The lowest BCUT2D eigenvalue weighted by molar-refractivity contribution is -0.118. The Morgan fingerprint density at radius 1 is 0.939 bits per heavy atom. The highest BCUT2D eigenvalue weighted by molar-refractivity contribution is 5.84. The van der Waals surface area contributed by atoms with Crippen molar-refractivity contribution in [3.05, 3.63) is 119 Å². The molecule has 0 unspecified atom stereocenters. The first-order valence-corrected chi connectivity index (χ1v) is 15.6. The number of primary amides is 1. The quantitative estimate of drug-likeness (QED) is 0.135. The lowest BCUT2D eigenvalue weighted by Crippen LogP contribution is -2.51. The molecule has 49 heavy (non-hydrogen) atoms. The highest BCUT2D eigenvalue weighted by Gasteiger charge is 2.25. The van der Waals surface area contributed by atoms with Gasteiger partial charge in [0.05, 0.1) is 24.4 Å². The number of alkyl carbamates (subject to hydrolysis) is 1. The summed E-state index contributed by atoms with van der Waals surface area (Å²) >= 11 is 0. The van der Waals surface area contributed by atoms with Crippen LogP contribution in [-0.2, 0) is 20.7 Å². The number of amides is 2. The molecule has 1 aliphatic heterocycles. The number of hydrogen-bond donors (Lipinski definition) is 4. The molecule has 13 heteroatoms. The smallest absolute Gasteiger partial charge is 0.407 e. The van der Waals surface area contributed by atoms with Crippen molar-refractivity contribution in [3.8, 4) is 16.9 Å². The largest absolute Gasteiger partial charge is 0.486 e. The lowest BCUT2D eigenvalue weighted by Gasteiger charge is -2.30. The molecule has 9 nitrogen and oxygen atoms in total. The van der Waals surface area contributed by atoms with Gasteiger partial charge in [0.1, 0.15) is 42.8 Å². The Morgan fingerprint density at radius 2 is 1.65 bits per heavy atom. The Morgan fingerprint density at radius 3 is 2.33 bits per heavy atom. The number of anilines is 1. The molecule has 2 amide bonds. The molecule has 0 aliphatic carbocycles. The van der Waals surface area contributed by atoms with Crippen molar-refractivity contribution in [1.82, 2.24) is 10.6 Å². The van der Waals surface area contributed by atoms with E-state index in [4.69, 9.17) is 19.9 Å². The van der Waals surface area contributed by atoms with Gasteiger partial charge in [0.25, 0.3) is 0 Å². The average molecular weight is 681 g/mol. The molecular formula is C36H36F4N4O5. The number of carbonyl (C=O) groups excluding carboxylic acids is 2. The van der Waals surface area contributed by atoms with Crippen LogP contribution in [-0.4, -0.2) is 56.6 Å². The fourth-order valence-electron chi connectivity index (χ4n) is 5.25. The van der Waals surface area contributed by atoms with Gasteiger partial charge in [-0.3, -0.25) is 4.79 Å². The van der Waals surface area contributed by atoms with E-state index < -0.39 is 41.6 Å². The van der Waals surface area contributed by atoms with Crippen LogP contribution in [0, 0.1) is 23.3 Å². The highest BCUT2D eigenvalue weighted by atomic mass is 19.1. The molecule has 0 spiro atoms. The number of ether oxygens (including phenoxy) is 3. The Balaban J connectivity index is 1.13. The number of rotatable bonds is 13. The number of halogens is 4. The van der Waals surface area contributed by atoms with Crippen LogP contribution in [0.2, 0.25) is 0 Å². The van der Waals surface area contributed by atoms with Crippen LogP contribution in [0.15, 0.2) is 84.9 Å². The maximum Gasteiger partial charge on any atom is 0.407 e. The molecule has 1 heterocycles. The third kappa shape index (κ3) is 9.71. The molecule has 1 aliphatic rings. The minimum atomic E-state index is -1.01. The second-order valence-corrected chi connectivity index (χ2v) is 11.6. The maximum absolute atomic E-state index is 15.0. The first-order chi connectivity index (χ1) is 23.5. The summed E-state index contributed by atoms with van der Waals surface area (Å²) in [7, 11) is 0. The number of carbonyl (C=O) groups is 2. The maximum atomic E-state index is 15.0.